The molecule has 9 nitrogen and oxygen atoms in total. The van der Waals surface area contributed by atoms with Crippen molar-refractivity contribution in [1.29, 1.82) is 0 Å². The van der Waals surface area contributed by atoms with Gasteiger partial charge in [-0.2, -0.15) is 0 Å². The molecule has 2 aromatic carbocycles. The maximum absolute atomic E-state index is 14.5. The molecule has 4 amide bonds. The van der Waals surface area contributed by atoms with Gasteiger partial charge in [-0.25, -0.2) is 4.79 Å². The van der Waals surface area contributed by atoms with Crippen LogP contribution >= 0.6 is 0 Å². The van der Waals surface area contributed by atoms with E-state index in [1.165, 1.54) is 0 Å². The Hall–Kier alpha value is -3.88. The van der Waals surface area contributed by atoms with Crippen LogP contribution in [0.4, 0.5) is 4.79 Å². The third-order valence-electron chi connectivity index (χ3n) is 6.88. The van der Waals surface area contributed by atoms with Crippen LogP contribution in [0.3, 0.4) is 0 Å². The maximum atomic E-state index is 14.5. The molecule has 2 rings (SSSR count). The van der Waals surface area contributed by atoms with Crippen molar-refractivity contribution >= 4 is 23.8 Å². The summed E-state index contributed by atoms with van der Waals surface area (Å²) in [7, 11) is 0. The van der Waals surface area contributed by atoms with Gasteiger partial charge in [0.2, 0.25) is 17.7 Å². The van der Waals surface area contributed by atoms with E-state index in [1.54, 1.807) is 25.7 Å². The van der Waals surface area contributed by atoms with E-state index in [1.807, 2.05) is 68.4 Å². The number of hydrogen-bond acceptors (Lipinski definition) is 5. The van der Waals surface area contributed by atoms with Crippen LogP contribution in [0.1, 0.15) is 90.0 Å². The minimum absolute atomic E-state index is 0.0348. The molecule has 4 N–H and O–H groups in total. The first-order valence-electron chi connectivity index (χ1n) is 14.7. The van der Waals surface area contributed by atoms with Crippen LogP contribution in [0.25, 0.3) is 0 Å². The predicted octanol–water partition coefficient (Wildman–Crippen LogP) is 5.16. The molecule has 0 spiro atoms. The number of carbonyl (C=O) groups excluding carboxylic acids is 4. The van der Waals surface area contributed by atoms with Gasteiger partial charge in [0.15, 0.2) is 0 Å². The molecule has 0 aliphatic heterocycles. The van der Waals surface area contributed by atoms with Crippen LogP contribution < -0.4 is 16.4 Å². The zero-order valence-corrected chi connectivity index (χ0v) is 26.1. The molecule has 42 heavy (non-hydrogen) atoms. The Kier molecular flexibility index (Phi) is 13.0. The molecule has 0 aliphatic carbocycles. The number of nitrogens with zero attached hydrogens (tertiary/aromatic N) is 1. The van der Waals surface area contributed by atoms with Gasteiger partial charge < -0.3 is 26.0 Å². The molecule has 0 radical (unpaired) electrons. The highest BCUT2D eigenvalue weighted by Crippen LogP contribution is 2.30. The van der Waals surface area contributed by atoms with Gasteiger partial charge in [0.25, 0.3) is 0 Å². The molecule has 0 fully saturated rings. The van der Waals surface area contributed by atoms with E-state index in [2.05, 4.69) is 24.5 Å². The van der Waals surface area contributed by atoms with Gasteiger partial charge in [0, 0.05) is 19.0 Å². The Bertz CT molecular complexity index is 1190. The van der Waals surface area contributed by atoms with Crippen molar-refractivity contribution in [2.45, 2.75) is 104 Å². The normalized spacial score (nSPS) is 13.5. The highest BCUT2D eigenvalue weighted by molar-refractivity contribution is 5.93. The third kappa shape index (κ3) is 11.2. The van der Waals surface area contributed by atoms with E-state index < -0.39 is 35.6 Å². The number of benzene rings is 2. The van der Waals surface area contributed by atoms with Gasteiger partial charge in [0.1, 0.15) is 17.7 Å². The lowest BCUT2D eigenvalue weighted by Gasteiger charge is -2.39. The number of aryl methyl sites for hydroxylation is 1. The molecule has 0 bridgehead atoms. The van der Waals surface area contributed by atoms with Crippen LogP contribution in [-0.4, -0.2) is 46.4 Å². The second kappa shape index (κ2) is 15.9. The number of carbonyl (C=O) groups is 4. The number of primary amides is 1. The van der Waals surface area contributed by atoms with Crippen molar-refractivity contribution in [2.75, 3.05) is 0 Å². The summed E-state index contributed by atoms with van der Waals surface area (Å²) in [5.41, 5.74) is 7.08. The van der Waals surface area contributed by atoms with E-state index >= 15 is 0 Å². The van der Waals surface area contributed by atoms with Gasteiger partial charge in [-0.3, -0.25) is 14.4 Å². The topological polar surface area (TPSA) is 131 Å². The van der Waals surface area contributed by atoms with Crippen LogP contribution in [0.15, 0.2) is 54.6 Å². The van der Waals surface area contributed by atoms with E-state index in [-0.39, 0.29) is 31.3 Å². The summed E-state index contributed by atoms with van der Waals surface area (Å²) in [6.07, 6.45) is 0.499. The molecule has 3 unspecified atom stereocenters. The average molecular weight is 581 g/mol. The maximum Gasteiger partial charge on any atom is 0.408 e. The van der Waals surface area contributed by atoms with Crippen molar-refractivity contribution in [1.82, 2.24) is 15.5 Å². The number of nitrogens with one attached hydrogen (secondary N) is 2. The number of hydrogen-bond donors (Lipinski definition) is 3. The van der Waals surface area contributed by atoms with Crippen molar-refractivity contribution in [3.63, 3.8) is 0 Å². The zero-order chi connectivity index (χ0) is 31.4. The van der Waals surface area contributed by atoms with Gasteiger partial charge in [-0.1, -0.05) is 68.4 Å². The highest BCUT2D eigenvalue weighted by atomic mass is 16.6. The molecule has 2 aromatic rings. The summed E-state index contributed by atoms with van der Waals surface area (Å²) < 4.78 is 5.43. The van der Waals surface area contributed by atoms with Crippen molar-refractivity contribution in [3.05, 3.63) is 71.3 Å². The Labute approximate surface area is 250 Å². The number of alkyl carbamates (subject to hydrolysis) is 1. The third-order valence-corrected chi connectivity index (χ3v) is 6.88. The number of rotatable bonds is 14. The summed E-state index contributed by atoms with van der Waals surface area (Å²) in [6.45, 7) is 13.5. The minimum atomic E-state index is -1.14. The fraction of sp³-hybridized carbons (Fsp3) is 0.515. The minimum Gasteiger partial charge on any atom is -0.444 e. The van der Waals surface area contributed by atoms with Gasteiger partial charge >= 0.3 is 6.09 Å². The zero-order valence-electron chi connectivity index (χ0n) is 26.1. The first-order valence-corrected chi connectivity index (χ1v) is 14.7. The molecule has 0 aliphatic rings. The van der Waals surface area contributed by atoms with Crippen molar-refractivity contribution in [2.24, 2.45) is 11.7 Å². The molecule has 9 heteroatoms. The fourth-order valence-corrected chi connectivity index (χ4v) is 4.68. The van der Waals surface area contributed by atoms with Gasteiger partial charge in [0.05, 0.1) is 0 Å². The Morgan fingerprint density at radius 3 is 2.10 bits per heavy atom. The van der Waals surface area contributed by atoms with Gasteiger partial charge in [-0.05, 0) is 76.5 Å². The van der Waals surface area contributed by atoms with E-state index in [0.29, 0.717) is 17.9 Å². The second-order valence-corrected chi connectivity index (χ2v) is 12.2. The lowest BCUT2D eigenvalue weighted by atomic mass is 9.94. The van der Waals surface area contributed by atoms with E-state index in [4.69, 9.17) is 10.5 Å². The molecular formula is C33H48N4O5. The lowest BCUT2D eigenvalue weighted by molar-refractivity contribution is -0.145. The SMILES string of the molecule is Cc1ccccc1C(C(=O)NCc1ccccc1)N(C(=O)C(CCC(N)=O)NC(=O)OC(C)(C)C)C(C)CCC(C)C. The number of amides is 4. The molecule has 3 atom stereocenters. The van der Waals surface area contributed by atoms with Crippen LogP contribution in [0.5, 0.6) is 0 Å². The van der Waals surface area contributed by atoms with Crippen molar-refractivity contribution < 1.29 is 23.9 Å². The average Bonchev–Trinajstić information content (AvgIpc) is 2.91. The second-order valence-electron chi connectivity index (χ2n) is 12.2. The smallest absolute Gasteiger partial charge is 0.408 e. The first-order chi connectivity index (χ1) is 19.7. The van der Waals surface area contributed by atoms with Gasteiger partial charge in [-0.15, -0.1) is 0 Å². The fourth-order valence-electron chi connectivity index (χ4n) is 4.68. The largest absolute Gasteiger partial charge is 0.444 e. The molecule has 0 heterocycles. The quantitative estimate of drug-likeness (QED) is 0.284. The first kappa shape index (κ1) is 34.3. The Morgan fingerprint density at radius 2 is 1.52 bits per heavy atom. The number of nitrogens with two attached hydrogens (primary N) is 1. The van der Waals surface area contributed by atoms with Crippen LogP contribution in [0, 0.1) is 12.8 Å². The summed E-state index contributed by atoms with van der Waals surface area (Å²) in [5.74, 6) is -1.06. The molecule has 0 aromatic heterocycles. The highest BCUT2D eigenvalue weighted by Gasteiger charge is 2.39. The Balaban J connectivity index is 2.58. The van der Waals surface area contributed by atoms with E-state index in [0.717, 1.165) is 17.5 Å². The summed E-state index contributed by atoms with van der Waals surface area (Å²) in [6, 6.07) is 14.5. The molecule has 0 saturated heterocycles. The number of ether oxygens (including phenoxy) is 1. The lowest BCUT2D eigenvalue weighted by Crippen LogP contribution is -2.55. The van der Waals surface area contributed by atoms with Crippen LogP contribution in [0.2, 0.25) is 0 Å². The molecule has 230 valence electrons. The molecule has 0 saturated carbocycles. The summed E-state index contributed by atoms with van der Waals surface area (Å²) >= 11 is 0. The van der Waals surface area contributed by atoms with Crippen LogP contribution in [-0.2, 0) is 25.7 Å². The molecular weight excluding hydrogens is 532 g/mol. The summed E-state index contributed by atoms with van der Waals surface area (Å²) in [4.78, 5) is 54.7. The predicted molar refractivity (Wildman–Crippen MR) is 164 cm³/mol. The monoisotopic (exact) mass is 580 g/mol. The Morgan fingerprint density at radius 1 is 0.905 bits per heavy atom. The summed E-state index contributed by atoms with van der Waals surface area (Å²) in [5, 5.41) is 5.68. The van der Waals surface area contributed by atoms with E-state index in [9.17, 15) is 19.2 Å². The van der Waals surface area contributed by atoms with Crippen molar-refractivity contribution in [3.8, 4) is 0 Å². The standard InChI is InChI=1S/C33H48N4O5/c1-22(2)17-18-24(4)37(31(40)27(19-20-28(34)38)36-32(41)42-33(5,6)7)29(26-16-12-11-13-23(26)3)30(39)35-21-25-14-9-8-10-15-25/h8-16,22,24,27,29H,17-21H2,1-7H3,(H2,34,38)(H,35,39)(H,36,41).